The first kappa shape index (κ1) is 13.9. The molecule has 6 nitrogen and oxygen atoms in total. The molecule has 2 atom stereocenters. The van der Waals surface area contributed by atoms with E-state index in [9.17, 15) is 27.8 Å². The number of halogens is 1. The zero-order chi connectivity index (χ0) is 14.2. The minimum absolute atomic E-state index is 0.219. The highest BCUT2D eigenvalue weighted by molar-refractivity contribution is 7.89. The zero-order valence-corrected chi connectivity index (χ0v) is 10.5. The van der Waals surface area contributed by atoms with Gasteiger partial charge in [-0.1, -0.05) is 0 Å². The van der Waals surface area contributed by atoms with Crippen LogP contribution in [0.25, 0.3) is 0 Å². The van der Waals surface area contributed by atoms with Gasteiger partial charge in [0.1, 0.15) is 5.82 Å². The van der Waals surface area contributed by atoms with Crippen LogP contribution >= 0.6 is 0 Å². The van der Waals surface area contributed by atoms with Crippen LogP contribution < -0.4 is 5.11 Å². The first-order valence-corrected chi connectivity index (χ1v) is 6.92. The van der Waals surface area contributed by atoms with E-state index in [0.29, 0.717) is 4.31 Å². The van der Waals surface area contributed by atoms with Crippen molar-refractivity contribution in [3.8, 4) is 0 Å². The maximum atomic E-state index is 12.8. The zero-order valence-electron chi connectivity index (χ0n) is 9.69. The molecule has 104 valence electrons. The Labute approximate surface area is 109 Å². The third-order valence-electron chi connectivity index (χ3n) is 2.93. The summed E-state index contributed by atoms with van der Waals surface area (Å²) in [7, 11) is -4.10. The van der Waals surface area contributed by atoms with Crippen LogP contribution in [-0.2, 0) is 14.8 Å². The largest absolute Gasteiger partial charge is 0.548 e. The molecule has 0 spiro atoms. The number of hydrogen-bond acceptors (Lipinski definition) is 5. The summed E-state index contributed by atoms with van der Waals surface area (Å²) >= 11 is 0. The Kier molecular flexibility index (Phi) is 3.57. The van der Waals surface area contributed by atoms with Gasteiger partial charge in [0.05, 0.1) is 23.0 Å². The summed E-state index contributed by atoms with van der Waals surface area (Å²) in [6.45, 7) is -0.321. The Morgan fingerprint density at radius 1 is 1.37 bits per heavy atom. The number of carbonyl (C=O) groups excluding carboxylic acids is 1. The summed E-state index contributed by atoms with van der Waals surface area (Å²) in [5.74, 6) is -2.17. The standard InChI is InChI=1S/C11H12FNO5S/c12-7-1-3-9(4-2-7)19(17,18)13-6-8(14)5-10(13)11(15)16/h1-4,8,10,14H,5-6H2,(H,15,16)/p-1/t8-,10-/m1/s1. The number of carboxylic acid groups (broad SMARTS) is 1. The van der Waals surface area contributed by atoms with Gasteiger partial charge in [-0.3, -0.25) is 0 Å². The van der Waals surface area contributed by atoms with Crippen molar-refractivity contribution in [3.05, 3.63) is 30.1 Å². The number of sulfonamides is 1. The Bertz CT molecular complexity index is 586. The molecular weight excluding hydrogens is 277 g/mol. The van der Waals surface area contributed by atoms with Crippen molar-refractivity contribution in [2.24, 2.45) is 0 Å². The van der Waals surface area contributed by atoms with Crippen LogP contribution in [0.5, 0.6) is 0 Å². The number of aliphatic hydroxyl groups excluding tert-OH is 1. The van der Waals surface area contributed by atoms with Crippen LogP contribution in [0.2, 0.25) is 0 Å². The molecule has 1 aliphatic rings. The number of aliphatic carboxylic acids is 1. The average Bonchev–Trinajstić information content (AvgIpc) is 2.73. The number of benzene rings is 1. The van der Waals surface area contributed by atoms with Crippen molar-refractivity contribution in [3.63, 3.8) is 0 Å². The van der Waals surface area contributed by atoms with Crippen molar-refractivity contribution in [2.45, 2.75) is 23.5 Å². The second kappa shape index (κ2) is 4.87. The minimum atomic E-state index is -4.10. The molecule has 1 N–H and O–H groups in total. The van der Waals surface area contributed by atoms with Crippen LogP contribution in [0.4, 0.5) is 4.39 Å². The van der Waals surface area contributed by atoms with Gasteiger partial charge in [0.15, 0.2) is 0 Å². The monoisotopic (exact) mass is 288 g/mol. The molecule has 1 fully saturated rings. The molecule has 1 heterocycles. The summed E-state index contributed by atoms with van der Waals surface area (Å²) in [5.41, 5.74) is 0. The summed E-state index contributed by atoms with van der Waals surface area (Å²) in [5, 5.41) is 20.3. The van der Waals surface area contributed by atoms with E-state index in [-0.39, 0.29) is 17.9 Å². The van der Waals surface area contributed by atoms with Crippen LogP contribution in [0, 0.1) is 5.82 Å². The third kappa shape index (κ3) is 2.60. The van der Waals surface area contributed by atoms with E-state index < -0.39 is 34.0 Å². The smallest absolute Gasteiger partial charge is 0.243 e. The average molecular weight is 288 g/mol. The molecule has 8 heteroatoms. The summed E-state index contributed by atoms with van der Waals surface area (Å²) in [4.78, 5) is 10.7. The number of rotatable bonds is 3. The second-order valence-corrected chi connectivity index (χ2v) is 6.14. The van der Waals surface area contributed by atoms with Gasteiger partial charge in [-0.25, -0.2) is 12.8 Å². The van der Waals surface area contributed by atoms with Gasteiger partial charge >= 0.3 is 0 Å². The number of hydrogen-bond donors (Lipinski definition) is 1. The first-order valence-electron chi connectivity index (χ1n) is 5.48. The van der Waals surface area contributed by atoms with Gasteiger partial charge in [-0.15, -0.1) is 0 Å². The molecular formula is C11H11FNO5S-. The van der Waals surface area contributed by atoms with E-state index in [0.717, 1.165) is 24.3 Å². The van der Waals surface area contributed by atoms with E-state index >= 15 is 0 Å². The molecule has 1 aromatic carbocycles. The van der Waals surface area contributed by atoms with E-state index in [4.69, 9.17) is 0 Å². The second-order valence-electron chi connectivity index (χ2n) is 4.25. The van der Waals surface area contributed by atoms with Gasteiger partial charge in [-0.2, -0.15) is 4.31 Å². The normalized spacial score (nSPS) is 24.5. The van der Waals surface area contributed by atoms with Gasteiger partial charge in [-0.05, 0) is 30.7 Å². The fraction of sp³-hybridized carbons (Fsp3) is 0.364. The number of aliphatic hydroxyl groups is 1. The fourth-order valence-corrected chi connectivity index (χ4v) is 3.63. The lowest BCUT2D eigenvalue weighted by Gasteiger charge is -2.24. The lowest BCUT2D eigenvalue weighted by molar-refractivity contribution is -0.309. The van der Waals surface area contributed by atoms with Crippen molar-refractivity contribution in [1.29, 1.82) is 0 Å². The Hall–Kier alpha value is -1.51. The predicted molar refractivity (Wildman–Crippen MR) is 59.7 cm³/mol. The molecule has 19 heavy (non-hydrogen) atoms. The molecule has 0 amide bonds. The summed E-state index contributed by atoms with van der Waals surface area (Å²) < 4.78 is 37.8. The highest BCUT2D eigenvalue weighted by Gasteiger charge is 2.40. The molecule has 0 aromatic heterocycles. The minimum Gasteiger partial charge on any atom is -0.548 e. The predicted octanol–water partition coefficient (Wildman–Crippen LogP) is -1.30. The maximum Gasteiger partial charge on any atom is 0.243 e. The quantitative estimate of drug-likeness (QED) is 0.745. The van der Waals surface area contributed by atoms with E-state index in [1.54, 1.807) is 0 Å². The molecule has 0 unspecified atom stereocenters. The van der Waals surface area contributed by atoms with Crippen LogP contribution in [0.3, 0.4) is 0 Å². The highest BCUT2D eigenvalue weighted by atomic mass is 32.2. The lowest BCUT2D eigenvalue weighted by Crippen LogP contribution is -2.46. The Morgan fingerprint density at radius 3 is 2.47 bits per heavy atom. The topological polar surface area (TPSA) is 97.7 Å². The molecule has 1 aromatic rings. The van der Waals surface area contributed by atoms with Crippen molar-refractivity contribution in [1.82, 2.24) is 4.31 Å². The molecule has 2 rings (SSSR count). The van der Waals surface area contributed by atoms with E-state index in [1.165, 1.54) is 0 Å². The van der Waals surface area contributed by atoms with Gasteiger partial charge in [0.25, 0.3) is 0 Å². The number of nitrogens with zero attached hydrogens (tertiary/aromatic N) is 1. The highest BCUT2D eigenvalue weighted by Crippen LogP contribution is 2.26. The molecule has 0 radical (unpaired) electrons. The molecule has 0 saturated carbocycles. The number of carboxylic acids is 1. The lowest BCUT2D eigenvalue weighted by atomic mass is 10.2. The molecule has 0 aliphatic carbocycles. The number of β-amino-alcohol motifs (C(OH)–C–C–N with tert-alkyl or cyclic N) is 1. The van der Waals surface area contributed by atoms with E-state index in [2.05, 4.69) is 0 Å². The van der Waals surface area contributed by atoms with Crippen LogP contribution in [0.1, 0.15) is 6.42 Å². The SMILES string of the molecule is O=C([O-])[C@H]1C[C@@H](O)CN1S(=O)(=O)c1ccc(F)cc1. The van der Waals surface area contributed by atoms with Crippen molar-refractivity contribution in [2.75, 3.05) is 6.54 Å². The maximum absolute atomic E-state index is 12.8. The van der Waals surface area contributed by atoms with Gasteiger partial charge in [0.2, 0.25) is 10.0 Å². The number of carbonyl (C=O) groups is 1. The molecule has 1 aliphatic heterocycles. The van der Waals surface area contributed by atoms with Gasteiger partial charge < -0.3 is 15.0 Å². The molecule has 1 saturated heterocycles. The van der Waals surface area contributed by atoms with Crippen molar-refractivity contribution >= 4 is 16.0 Å². The van der Waals surface area contributed by atoms with E-state index in [1.807, 2.05) is 0 Å². The van der Waals surface area contributed by atoms with Crippen LogP contribution in [-0.4, -0.2) is 42.5 Å². The molecule has 0 bridgehead atoms. The summed E-state index contributed by atoms with van der Waals surface area (Å²) in [6.07, 6.45) is -1.28. The fourth-order valence-electron chi connectivity index (χ4n) is 2.01. The van der Waals surface area contributed by atoms with Crippen LogP contribution in [0.15, 0.2) is 29.2 Å². The Balaban J connectivity index is 2.38. The first-order chi connectivity index (χ1) is 8.82. The van der Waals surface area contributed by atoms with Crippen molar-refractivity contribution < 1.29 is 27.8 Å². The summed E-state index contributed by atoms with van der Waals surface area (Å²) in [6, 6.07) is 2.61. The Morgan fingerprint density at radius 2 is 1.95 bits per heavy atom. The van der Waals surface area contributed by atoms with Gasteiger partial charge in [0, 0.05) is 6.54 Å². The third-order valence-corrected chi connectivity index (χ3v) is 4.81.